The van der Waals surface area contributed by atoms with Crippen molar-refractivity contribution in [2.75, 3.05) is 19.0 Å². The minimum Gasteiger partial charge on any atom is -0.378 e. The van der Waals surface area contributed by atoms with Gasteiger partial charge in [0, 0.05) is 35.5 Å². The Balaban J connectivity index is 1.52. The number of halogens is 9. The number of nitrogens with zero attached hydrogens (tertiary/aromatic N) is 5. The molecule has 0 bridgehead atoms. The van der Waals surface area contributed by atoms with E-state index in [0.29, 0.717) is 27.8 Å². The second-order valence-corrected chi connectivity index (χ2v) is 10.4. The molecular formula is C28H20F9N5S. The quantitative estimate of drug-likeness (QED) is 0.105. The molecule has 0 aromatic heterocycles. The number of azo groups is 2. The first-order valence-corrected chi connectivity index (χ1v) is 13.0. The van der Waals surface area contributed by atoms with Gasteiger partial charge in [0.1, 0.15) is 0 Å². The maximum atomic E-state index is 13.9. The van der Waals surface area contributed by atoms with Crippen molar-refractivity contribution in [3.63, 3.8) is 0 Å². The summed E-state index contributed by atoms with van der Waals surface area (Å²) in [6.07, 6.45) is -6.88. The van der Waals surface area contributed by atoms with E-state index < -0.39 is 39.9 Å². The number of hydrogen-bond acceptors (Lipinski definition) is 6. The molecule has 0 fully saturated rings. The van der Waals surface area contributed by atoms with Crippen molar-refractivity contribution in [2.24, 2.45) is 20.5 Å². The molecule has 0 heterocycles. The van der Waals surface area contributed by atoms with Crippen molar-refractivity contribution >= 4 is 51.0 Å². The molecule has 0 saturated heterocycles. The number of fused-ring (bicyclic) bond motifs is 1. The normalized spacial score (nSPS) is 13.4. The van der Waals surface area contributed by atoms with Gasteiger partial charge in [-0.1, -0.05) is 24.3 Å². The number of thioether (sulfide) groups is 1. The minimum atomic E-state index is -6.96. The number of anilines is 1. The van der Waals surface area contributed by atoms with Crippen LogP contribution >= 0.6 is 11.8 Å². The predicted molar refractivity (Wildman–Crippen MR) is 146 cm³/mol. The standard InChI is InChI=1S/C28H20F9N5S/c1-42(2)19-11-7-17(8-12-19)38-40-23-15-16-24(22-6-4-3-5-21(22)23)41-39-18-9-13-20(14-10-18)43-28(36,37)26(31,32)25(29,30)27(33,34)35/h3-16H,1-2H3. The van der Waals surface area contributed by atoms with E-state index in [9.17, 15) is 39.5 Å². The van der Waals surface area contributed by atoms with Gasteiger partial charge >= 0.3 is 23.3 Å². The molecule has 0 aliphatic heterocycles. The average Bonchev–Trinajstić information content (AvgIpc) is 2.95. The Morgan fingerprint density at radius 2 is 0.977 bits per heavy atom. The van der Waals surface area contributed by atoms with Gasteiger partial charge in [-0.2, -0.15) is 49.7 Å². The van der Waals surface area contributed by atoms with Crippen LogP contribution in [0.15, 0.2) is 110 Å². The second kappa shape index (κ2) is 11.9. The molecule has 0 spiro atoms. The van der Waals surface area contributed by atoms with Gasteiger partial charge in [0.2, 0.25) is 0 Å². The fraction of sp³-hybridized carbons (Fsp3) is 0.214. The van der Waals surface area contributed by atoms with E-state index in [0.717, 1.165) is 30.0 Å². The van der Waals surface area contributed by atoms with E-state index >= 15 is 0 Å². The summed E-state index contributed by atoms with van der Waals surface area (Å²) in [5.41, 5.74) is 2.63. The first kappa shape index (κ1) is 31.8. The van der Waals surface area contributed by atoms with E-state index in [1.165, 1.54) is 0 Å². The van der Waals surface area contributed by atoms with Gasteiger partial charge in [-0.25, -0.2) is 0 Å². The Morgan fingerprint density at radius 1 is 0.535 bits per heavy atom. The van der Waals surface area contributed by atoms with Crippen molar-refractivity contribution in [3.05, 3.63) is 84.9 Å². The molecule has 0 unspecified atom stereocenters. The van der Waals surface area contributed by atoms with Crippen LogP contribution in [-0.4, -0.2) is 37.4 Å². The lowest BCUT2D eigenvalue weighted by molar-refractivity contribution is -0.381. The van der Waals surface area contributed by atoms with Gasteiger partial charge in [-0.3, -0.25) is 0 Å². The van der Waals surface area contributed by atoms with E-state index in [4.69, 9.17) is 0 Å². The number of rotatable bonds is 9. The molecule has 0 N–H and O–H groups in total. The maximum Gasteiger partial charge on any atom is 0.460 e. The summed E-state index contributed by atoms with van der Waals surface area (Å²) in [5, 5.41) is 12.3. The van der Waals surface area contributed by atoms with E-state index in [2.05, 4.69) is 20.5 Å². The van der Waals surface area contributed by atoms with Crippen LogP contribution in [0.3, 0.4) is 0 Å². The summed E-state index contributed by atoms with van der Waals surface area (Å²) in [7, 11) is 3.83. The maximum absolute atomic E-state index is 13.9. The molecular weight excluding hydrogens is 609 g/mol. The molecule has 4 aromatic rings. The van der Waals surface area contributed by atoms with Gasteiger partial charge in [0.25, 0.3) is 0 Å². The highest BCUT2D eigenvalue weighted by Gasteiger charge is 2.82. The lowest BCUT2D eigenvalue weighted by Gasteiger charge is -2.33. The SMILES string of the molecule is CN(C)c1ccc(N=Nc2ccc(N=Nc3ccc(SC(F)(F)C(F)(F)C(F)(F)C(F)(F)F)cc3)c3ccccc23)cc1. The Labute approximate surface area is 243 Å². The molecule has 5 nitrogen and oxygen atoms in total. The zero-order chi connectivity index (χ0) is 31.6. The third-order valence-electron chi connectivity index (χ3n) is 5.99. The first-order valence-electron chi connectivity index (χ1n) is 12.2. The van der Waals surface area contributed by atoms with Crippen LogP contribution < -0.4 is 4.90 Å². The van der Waals surface area contributed by atoms with Crippen molar-refractivity contribution in [3.8, 4) is 0 Å². The van der Waals surface area contributed by atoms with Crippen LogP contribution in [-0.2, 0) is 0 Å². The molecule has 0 atom stereocenters. The topological polar surface area (TPSA) is 52.7 Å². The Hall–Kier alpha value is -4.14. The average molecular weight is 630 g/mol. The van der Waals surface area contributed by atoms with Gasteiger partial charge in [-0.15, -0.1) is 10.2 Å². The first-order chi connectivity index (χ1) is 20.0. The summed E-state index contributed by atoms with van der Waals surface area (Å²) in [4.78, 5) is 1.25. The number of alkyl halides is 9. The molecule has 0 aliphatic rings. The fourth-order valence-electron chi connectivity index (χ4n) is 3.64. The van der Waals surface area contributed by atoms with Crippen LogP contribution in [0.5, 0.6) is 0 Å². The van der Waals surface area contributed by atoms with E-state index in [1.807, 2.05) is 43.3 Å². The fourth-order valence-corrected chi connectivity index (χ4v) is 4.46. The third kappa shape index (κ3) is 6.60. The van der Waals surface area contributed by atoms with Crippen LogP contribution in [0.25, 0.3) is 10.8 Å². The zero-order valence-electron chi connectivity index (χ0n) is 22.1. The molecule has 4 rings (SSSR count). The number of benzene rings is 4. The van der Waals surface area contributed by atoms with Crippen LogP contribution in [0.2, 0.25) is 0 Å². The van der Waals surface area contributed by atoms with Crippen molar-refractivity contribution in [1.29, 1.82) is 0 Å². The van der Waals surface area contributed by atoms with E-state index in [1.54, 1.807) is 36.4 Å². The Morgan fingerprint density at radius 3 is 1.40 bits per heavy atom. The molecule has 15 heteroatoms. The summed E-state index contributed by atoms with van der Waals surface area (Å²) in [5.74, 6) is -13.7. The van der Waals surface area contributed by atoms with Crippen molar-refractivity contribution in [1.82, 2.24) is 0 Å². The summed E-state index contributed by atoms with van der Waals surface area (Å²) in [6.45, 7) is 0. The third-order valence-corrected chi connectivity index (χ3v) is 7.01. The lowest BCUT2D eigenvalue weighted by atomic mass is 10.1. The predicted octanol–water partition coefficient (Wildman–Crippen LogP) is 11.3. The van der Waals surface area contributed by atoms with Crippen molar-refractivity contribution in [2.45, 2.75) is 28.2 Å². The highest BCUT2D eigenvalue weighted by atomic mass is 32.2. The van der Waals surface area contributed by atoms with Gasteiger partial charge in [-0.05, 0) is 72.4 Å². The number of hydrogen-bond donors (Lipinski definition) is 0. The lowest BCUT2D eigenvalue weighted by Crippen LogP contribution is -2.59. The molecule has 0 saturated carbocycles. The van der Waals surface area contributed by atoms with Crippen LogP contribution in [0.1, 0.15) is 0 Å². The largest absolute Gasteiger partial charge is 0.460 e. The molecule has 0 aliphatic carbocycles. The molecule has 0 amide bonds. The molecule has 43 heavy (non-hydrogen) atoms. The second-order valence-electron chi connectivity index (χ2n) is 9.22. The van der Waals surface area contributed by atoms with Gasteiger partial charge < -0.3 is 4.90 Å². The summed E-state index contributed by atoms with van der Waals surface area (Å²) >= 11 is -1.13. The van der Waals surface area contributed by atoms with Crippen LogP contribution in [0.4, 0.5) is 68.0 Å². The van der Waals surface area contributed by atoms with Crippen molar-refractivity contribution < 1.29 is 39.5 Å². The zero-order valence-corrected chi connectivity index (χ0v) is 22.9. The van der Waals surface area contributed by atoms with E-state index in [-0.39, 0.29) is 5.69 Å². The minimum absolute atomic E-state index is 0.0639. The highest BCUT2D eigenvalue weighted by Crippen LogP contribution is 2.58. The van der Waals surface area contributed by atoms with Crippen LogP contribution in [0, 0.1) is 0 Å². The highest BCUT2D eigenvalue weighted by molar-refractivity contribution is 8.00. The smallest absolute Gasteiger partial charge is 0.378 e. The van der Waals surface area contributed by atoms with Gasteiger partial charge in [0.05, 0.1) is 22.7 Å². The Kier molecular flexibility index (Phi) is 8.77. The molecule has 0 radical (unpaired) electrons. The Bertz CT molecular complexity index is 1640. The molecule has 226 valence electrons. The van der Waals surface area contributed by atoms with Gasteiger partial charge in [0.15, 0.2) is 0 Å². The summed E-state index contributed by atoms with van der Waals surface area (Å²) in [6, 6.07) is 21.6. The molecule has 4 aromatic carbocycles. The monoisotopic (exact) mass is 629 g/mol. The summed E-state index contributed by atoms with van der Waals surface area (Å²) < 4.78 is 118.